The zero-order valence-corrected chi connectivity index (χ0v) is 14.2. The summed E-state index contributed by atoms with van der Waals surface area (Å²) < 4.78 is 4.11. The molecular formula is C18H24N2O2-2. The lowest BCUT2D eigenvalue weighted by molar-refractivity contribution is -0.536. The van der Waals surface area contributed by atoms with Crippen LogP contribution in [0.2, 0.25) is 0 Å². The largest absolute Gasteiger partial charge is 0.851 e. The lowest BCUT2D eigenvalue weighted by Gasteiger charge is -2.61. The zero-order valence-electron chi connectivity index (χ0n) is 14.2. The van der Waals surface area contributed by atoms with Crippen molar-refractivity contribution in [3.05, 3.63) is 46.0 Å². The fourth-order valence-electron chi connectivity index (χ4n) is 3.83. The maximum Gasteiger partial charge on any atom is 0.0177 e. The van der Waals surface area contributed by atoms with Crippen LogP contribution in [0.5, 0.6) is 0 Å². The van der Waals surface area contributed by atoms with Crippen molar-refractivity contribution >= 4 is 0 Å². The Labute approximate surface area is 132 Å². The molecule has 3 rings (SSSR count). The highest BCUT2D eigenvalue weighted by Gasteiger charge is 2.40. The van der Waals surface area contributed by atoms with Crippen LogP contribution >= 0.6 is 0 Å². The first-order valence-corrected chi connectivity index (χ1v) is 7.83. The molecule has 2 aromatic rings. The van der Waals surface area contributed by atoms with Gasteiger partial charge in [-0.15, -0.1) is 12.2 Å². The van der Waals surface area contributed by atoms with E-state index in [1.165, 1.54) is 0 Å². The third-order valence-electron chi connectivity index (χ3n) is 5.76. The van der Waals surface area contributed by atoms with Crippen LogP contribution in [0, 0.1) is 27.7 Å². The van der Waals surface area contributed by atoms with Gasteiger partial charge in [-0.25, -0.2) is 0 Å². The predicted molar refractivity (Wildman–Crippen MR) is 82.8 cm³/mol. The van der Waals surface area contributed by atoms with Gasteiger partial charge in [-0.2, -0.15) is 0 Å². The van der Waals surface area contributed by atoms with Crippen molar-refractivity contribution in [1.82, 2.24) is 9.13 Å². The van der Waals surface area contributed by atoms with Gasteiger partial charge < -0.3 is 19.3 Å². The van der Waals surface area contributed by atoms with Crippen LogP contribution < -0.4 is 10.2 Å². The van der Waals surface area contributed by atoms with Crippen LogP contribution in [0.3, 0.4) is 0 Å². The second kappa shape index (κ2) is 5.00. The topological polar surface area (TPSA) is 56.0 Å². The molecule has 2 heterocycles. The number of hydrogen-bond donors (Lipinski definition) is 0. The molecule has 0 unspecified atom stereocenters. The molecule has 0 amide bonds. The summed E-state index contributed by atoms with van der Waals surface area (Å²) >= 11 is 0. The van der Waals surface area contributed by atoms with Crippen molar-refractivity contribution in [1.29, 1.82) is 0 Å². The maximum atomic E-state index is 12.8. The Morgan fingerprint density at radius 2 is 1.05 bits per heavy atom. The summed E-state index contributed by atoms with van der Waals surface area (Å²) in [5.74, 6) is -0.824. The summed E-state index contributed by atoms with van der Waals surface area (Å²) in [7, 11) is 3.96. The summed E-state index contributed by atoms with van der Waals surface area (Å²) in [5, 5.41) is 25.6. The molecule has 2 aromatic heterocycles. The molecular weight excluding hydrogens is 276 g/mol. The molecule has 0 saturated heterocycles. The van der Waals surface area contributed by atoms with Gasteiger partial charge in [0.15, 0.2) is 0 Å². The van der Waals surface area contributed by atoms with Gasteiger partial charge in [0.25, 0.3) is 0 Å². The molecule has 1 aliphatic carbocycles. The molecule has 4 heteroatoms. The molecule has 0 N–H and O–H groups in total. The highest BCUT2D eigenvalue weighted by Crippen LogP contribution is 2.47. The second-order valence-corrected chi connectivity index (χ2v) is 6.75. The van der Waals surface area contributed by atoms with Crippen LogP contribution in [0.25, 0.3) is 0 Å². The highest BCUT2D eigenvalue weighted by molar-refractivity contribution is 5.41. The molecule has 4 nitrogen and oxygen atoms in total. The molecule has 22 heavy (non-hydrogen) atoms. The van der Waals surface area contributed by atoms with Gasteiger partial charge >= 0.3 is 0 Å². The number of rotatable bonds is 2. The molecule has 0 aliphatic heterocycles. The van der Waals surface area contributed by atoms with Crippen molar-refractivity contribution in [2.24, 2.45) is 14.1 Å². The van der Waals surface area contributed by atoms with Crippen LogP contribution in [0.1, 0.15) is 45.7 Å². The molecule has 0 spiro atoms. The molecule has 0 bridgehead atoms. The Bertz CT molecular complexity index is 656. The molecule has 1 aliphatic rings. The van der Waals surface area contributed by atoms with E-state index in [9.17, 15) is 10.2 Å². The summed E-state index contributed by atoms with van der Waals surface area (Å²) in [6.07, 6.45) is -1.69. The lowest BCUT2D eigenvalue weighted by Crippen LogP contribution is -2.63. The molecule has 1 saturated carbocycles. The first-order valence-electron chi connectivity index (χ1n) is 7.83. The number of aromatic nitrogens is 2. The van der Waals surface area contributed by atoms with E-state index in [1.807, 2.05) is 53.9 Å². The number of hydrogen-bond acceptors (Lipinski definition) is 2. The third kappa shape index (κ3) is 1.90. The van der Waals surface area contributed by atoms with Crippen LogP contribution in [0.15, 0.2) is 12.1 Å². The van der Waals surface area contributed by atoms with Gasteiger partial charge in [0.2, 0.25) is 0 Å². The van der Waals surface area contributed by atoms with Gasteiger partial charge in [-0.05, 0) is 62.8 Å². The average molecular weight is 300 g/mol. The van der Waals surface area contributed by atoms with E-state index in [1.54, 1.807) is 0 Å². The minimum absolute atomic E-state index is 0.412. The Hall–Kier alpha value is -1.52. The van der Waals surface area contributed by atoms with E-state index >= 15 is 0 Å². The van der Waals surface area contributed by atoms with Crippen molar-refractivity contribution in [2.75, 3.05) is 0 Å². The minimum atomic E-state index is -0.844. The van der Waals surface area contributed by atoms with Gasteiger partial charge in [0.1, 0.15) is 0 Å². The van der Waals surface area contributed by atoms with E-state index in [4.69, 9.17) is 0 Å². The second-order valence-electron chi connectivity index (χ2n) is 6.75. The van der Waals surface area contributed by atoms with E-state index in [0.29, 0.717) is 0 Å². The van der Waals surface area contributed by atoms with Gasteiger partial charge in [0, 0.05) is 36.9 Å². The summed E-state index contributed by atoms with van der Waals surface area (Å²) in [4.78, 5) is 0. The summed E-state index contributed by atoms with van der Waals surface area (Å²) in [5.41, 5.74) is 6.18. The van der Waals surface area contributed by atoms with E-state index in [-0.39, 0.29) is 0 Å². The average Bonchev–Trinajstić information content (AvgIpc) is 2.85. The van der Waals surface area contributed by atoms with E-state index < -0.39 is 24.0 Å². The van der Waals surface area contributed by atoms with E-state index in [0.717, 1.165) is 33.9 Å². The summed E-state index contributed by atoms with van der Waals surface area (Å²) in [6, 6.07) is 4.02. The Balaban J connectivity index is 1.94. The standard InChI is InChI=1S/C18H24N2O2/c1-9-7-13(11(3)19(9)5)15-17(21)16(18(15)22)14-8-10(2)20(6)12(14)4/h7-8,15-18H,1-6H3/q-2. The Kier molecular flexibility index (Phi) is 3.49. The summed E-state index contributed by atoms with van der Waals surface area (Å²) in [6.45, 7) is 8.01. The fourth-order valence-corrected chi connectivity index (χ4v) is 3.83. The van der Waals surface area contributed by atoms with Gasteiger partial charge in [-0.1, -0.05) is 0 Å². The predicted octanol–water partition coefficient (Wildman–Crippen LogP) is 0.936. The smallest absolute Gasteiger partial charge is 0.0177 e. The first-order chi connectivity index (χ1) is 10.3. The van der Waals surface area contributed by atoms with Crippen molar-refractivity contribution in [2.45, 2.75) is 51.7 Å². The number of aryl methyl sites for hydroxylation is 2. The Morgan fingerprint density at radius 3 is 1.27 bits per heavy atom. The molecule has 0 aromatic carbocycles. The quantitative estimate of drug-likeness (QED) is 0.829. The zero-order chi connectivity index (χ0) is 16.3. The molecule has 120 valence electrons. The molecule has 0 atom stereocenters. The molecule has 0 radical (unpaired) electrons. The normalized spacial score (nSPS) is 28.0. The maximum absolute atomic E-state index is 12.8. The third-order valence-corrected chi connectivity index (χ3v) is 5.76. The first kappa shape index (κ1) is 15.4. The highest BCUT2D eigenvalue weighted by atomic mass is 16.3. The van der Waals surface area contributed by atoms with Crippen molar-refractivity contribution in [3.8, 4) is 0 Å². The van der Waals surface area contributed by atoms with Crippen molar-refractivity contribution in [3.63, 3.8) is 0 Å². The fraction of sp³-hybridized carbons (Fsp3) is 0.556. The van der Waals surface area contributed by atoms with Crippen LogP contribution in [0.4, 0.5) is 0 Å². The van der Waals surface area contributed by atoms with Crippen LogP contribution in [-0.4, -0.2) is 21.3 Å². The van der Waals surface area contributed by atoms with E-state index in [2.05, 4.69) is 9.13 Å². The van der Waals surface area contributed by atoms with Gasteiger partial charge in [0.05, 0.1) is 0 Å². The number of nitrogens with zero attached hydrogens (tertiary/aromatic N) is 2. The lowest BCUT2D eigenvalue weighted by atomic mass is 9.63. The monoisotopic (exact) mass is 300 g/mol. The van der Waals surface area contributed by atoms with Crippen LogP contribution in [-0.2, 0) is 14.1 Å². The SMILES string of the molecule is Cc1cc(C2C([O-])C(c3cc(C)n(C)c3C)C2[O-])c(C)n1C. The minimum Gasteiger partial charge on any atom is -0.851 e. The van der Waals surface area contributed by atoms with Gasteiger partial charge in [-0.3, -0.25) is 0 Å². The Morgan fingerprint density at radius 1 is 0.727 bits per heavy atom. The molecule has 1 fully saturated rings. The van der Waals surface area contributed by atoms with Crippen molar-refractivity contribution < 1.29 is 10.2 Å².